The summed E-state index contributed by atoms with van der Waals surface area (Å²) in [7, 11) is -3.28. The van der Waals surface area contributed by atoms with Crippen LogP contribution in [0.15, 0.2) is 64.9 Å². The molecular weight excluding hydrogens is 444 g/mol. The molecule has 0 aliphatic carbocycles. The number of anilines is 1. The number of amides is 2. The van der Waals surface area contributed by atoms with Crippen LogP contribution in [0, 0.1) is 0 Å². The van der Waals surface area contributed by atoms with Crippen molar-refractivity contribution in [2.75, 3.05) is 11.6 Å². The minimum Gasteiger partial charge on any atom is -0.346 e. The van der Waals surface area contributed by atoms with Crippen LogP contribution >= 0.6 is 22.9 Å². The van der Waals surface area contributed by atoms with Crippen LogP contribution in [0.25, 0.3) is 0 Å². The molecule has 30 heavy (non-hydrogen) atoms. The molecule has 156 valence electrons. The second-order valence-corrected chi connectivity index (χ2v) is 10.0. The van der Waals surface area contributed by atoms with Gasteiger partial charge in [0.25, 0.3) is 11.8 Å². The van der Waals surface area contributed by atoms with Crippen molar-refractivity contribution in [3.8, 4) is 0 Å². The Labute approximate surface area is 183 Å². The van der Waals surface area contributed by atoms with E-state index in [4.69, 9.17) is 11.6 Å². The van der Waals surface area contributed by atoms with Gasteiger partial charge in [0.05, 0.1) is 26.5 Å². The van der Waals surface area contributed by atoms with Crippen molar-refractivity contribution in [1.29, 1.82) is 0 Å². The Morgan fingerprint density at radius 1 is 1.03 bits per heavy atom. The number of nitrogens with one attached hydrogen (secondary N) is 2. The fourth-order valence-corrected chi connectivity index (χ4v) is 4.14. The number of thiophene rings is 1. The topological polar surface area (TPSA) is 92.3 Å². The summed E-state index contributed by atoms with van der Waals surface area (Å²) < 4.78 is 23.2. The number of carbonyl (C=O) groups excluding carboxylic acids is 2. The zero-order chi connectivity index (χ0) is 21.9. The third-order valence-corrected chi connectivity index (χ3v) is 6.70. The Balaban J connectivity index is 1.72. The molecule has 0 saturated heterocycles. The largest absolute Gasteiger partial charge is 0.346 e. The number of rotatable bonds is 6. The van der Waals surface area contributed by atoms with Crippen LogP contribution in [0.4, 0.5) is 5.69 Å². The molecule has 1 atom stereocenters. The van der Waals surface area contributed by atoms with Gasteiger partial charge in [-0.3, -0.25) is 9.59 Å². The SMILES string of the molecule is C[C@H](NC(=O)c1ccc(Cl)c(NC(=O)c2cccs2)c1)c1ccc(S(C)(=O)=O)cc1. The van der Waals surface area contributed by atoms with Gasteiger partial charge in [-0.15, -0.1) is 11.3 Å². The Morgan fingerprint density at radius 3 is 2.33 bits per heavy atom. The van der Waals surface area contributed by atoms with E-state index in [1.165, 1.54) is 29.5 Å². The van der Waals surface area contributed by atoms with Crippen molar-refractivity contribution in [1.82, 2.24) is 5.32 Å². The first kappa shape index (κ1) is 22.0. The average molecular weight is 463 g/mol. The van der Waals surface area contributed by atoms with Crippen LogP contribution in [0.2, 0.25) is 5.02 Å². The lowest BCUT2D eigenvalue weighted by atomic mass is 10.1. The summed E-state index contributed by atoms with van der Waals surface area (Å²) in [5.74, 6) is -0.651. The van der Waals surface area contributed by atoms with E-state index in [-0.39, 0.29) is 22.8 Å². The lowest BCUT2D eigenvalue weighted by Gasteiger charge is -2.16. The van der Waals surface area contributed by atoms with E-state index in [9.17, 15) is 18.0 Å². The number of halogens is 1. The van der Waals surface area contributed by atoms with E-state index in [0.717, 1.165) is 11.8 Å². The smallest absolute Gasteiger partial charge is 0.265 e. The number of carbonyl (C=O) groups is 2. The van der Waals surface area contributed by atoms with Gasteiger partial charge in [0.1, 0.15) is 0 Å². The molecule has 0 unspecified atom stereocenters. The standard InChI is InChI=1S/C21H19ClN2O4S2/c1-13(14-5-8-16(9-6-14)30(2,27)28)23-20(25)15-7-10-17(22)18(12-15)24-21(26)19-4-3-11-29-19/h3-13H,1-2H3,(H,23,25)(H,24,26)/t13-/m0/s1. The first-order valence-electron chi connectivity index (χ1n) is 8.90. The third kappa shape index (κ3) is 5.27. The Hall–Kier alpha value is -2.68. The maximum atomic E-state index is 12.7. The molecule has 2 aromatic carbocycles. The molecule has 0 saturated carbocycles. The molecule has 9 heteroatoms. The van der Waals surface area contributed by atoms with E-state index in [1.54, 1.807) is 48.7 Å². The molecule has 0 spiro atoms. The summed E-state index contributed by atoms with van der Waals surface area (Å²) in [6.07, 6.45) is 1.14. The van der Waals surface area contributed by atoms with E-state index >= 15 is 0 Å². The predicted molar refractivity (Wildman–Crippen MR) is 119 cm³/mol. The van der Waals surface area contributed by atoms with Gasteiger partial charge < -0.3 is 10.6 Å². The van der Waals surface area contributed by atoms with Crippen molar-refractivity contribution in [2.45, 2.75) is 17.9 Å². The number of hydrogen-bond donors (Lipinski definition) is 2. The molecule has 2 amide bonds. The third-order valence-electron chi connectivity index (χ3n) is 4.38. The van der Waals surface area contributed by atoms with Crippen molar-refractivity contribution in [2.24, 2.45) is 0 Å². The average Bonchev–Trinajstić information content (AvgIpc) is 3.24. The highest BCUT2D eigenvalue weighted by atomic mass is 35.5. The Kier molecular flexibility index (Phi) is 6.60. The minimum atomic E-state index is -3.28. The first-order chi connectivity index (χ1) is 14.1. The van der Waals surface area contributed by atoms with Crippen LogP contribution in [0.5, 0.6) is 0 Å². The molecule has 2 N–H and O–H groups in total. The van der Waals surface area contributed by atoms with Crippen LogP contribution in [0.3, 0.4) is 0 Å². The summed E-state index contributed by atoms with van der Waals surface area (Å²) in [5, 5.41) is 7.69. The molecule has 1 aromatic heterocycles. The molecule has 0 aliphatic rings. The monoisotopic (exact) mass is 462 g/mol. The second kappa shape index (κ2) is 8.99. The van der Waals surface area contributed by atoms with Gasteiger partial charge in [-0.05, 0) is 54.3 Å². The summed E-state index contributed by atoms with van der Waals surface area (Å²) in [6, 6.07) is 14.1. The molecular formula is C21H19ClN2O4S2. The molecule has 3 aromatic rings. The van der Waals surface area contributed by atoms with Gasteiger partial charge in [-0.1, -0.05) is 29.8 Å². The van der Waals surface area contributed by atoms with Gasteiger partial charge in [-0.2, -0.15) is 0 Å². The fourth-order valence-electron chi connectivity index (χ4n) is 2.72. The lowest BCUT2D eigenvalue weighted by molar-refractivity contribution is 0.0938. The number of benzene rings is 2. The number of sulfone groups is 1. The summed E-state index contributed by atoms with van der Waals surface area (Å²) in [4.78, 5) is 25.7. The quantitative estimate of drug-likeness (QED) is 0.562. The maximum absolute atomic E-state index is 12.7. The van der Waals surface area contributed by atoms with Crippen LogP contribution in [-0.4, -0.2) is 26.5 Å². The number of hydrogen-bond acceptors (Lipinski definition) is 5. The van der Waals surface area contributed by atoms with Crippen LogP contribution in [-0.2, 0) is 9.84 Å². The van der Waals surface area contributed by atoms with Gasteiger partial charge in [0, 0.05) is 11.8 Å². The van der Waals surface area contributed by atoms with Gasteiger partial charge >= 0.3 is 0 Å². The molecule has 0 bridgehead atoms. The van der Waals surface area contributed by atoms with Crippen LogP contribution < -0.4 is 10.6 Å². The highest BCUT2D eigenvalue weighted by Gasteiger charge is 2.16. The van der Waals surface area contributed by atoms with Gasteiger partial charge in [-0.25, -0.2) is 8.42 Å². The zero-order valence-electron chi connectivity index (χ0n) is 16.2. The molecule has 0 aliphatic heterocycles. The normalized spacial score (nSPS) is 12.2. The second-order valence-electron chi connectivity index (χ2n) is 6.66. The van der Waals surface area contributed by atoms with Gasteiger partial charge in [0.2, 0.25) is 0 Å². The van der Waals surface area contributed by atoms with Crippen LogP contribution in [0.1, 0.15) is 38.6 Å². The van der Waals surface area contributed by atoms with E-state index in [2.05, 4.69) is 10.6 Å². The van der Waals surface area contributed by atoms with E-state index in [1.807, 2.05) is 0 Å². The highest BCUT2D eigenvalue weighted by Crippen LogP contribution is 2.25. The molecule has 0 radical (unpaired) electrons. The predicted octanol–water partition coefficient (Wildman–Crippen LogP) is 4.55. The Bertz CT molecular complexity index is 1170. The summed E-state index contributed by atoms with van der Waals surface area (Å²) >= 11 is 7.47. The minimum absolute atomic E-state index is 0.216. The van der Waals surface area contributed by atoms with Crippen molar-refractivity contribution >= 4 is 50.3 Å². The molecule has 3 rings (SSSR count). The van der Waals surface area contributed by atoms with E-state index in [0.29, 0.717) is 21.2 Å². The van der Waals surface area contributed by atoms with Crippen molar-refractivity contribution < 1.29 is 18.0 Å². The van der Waals surface area contributed by atoms with Gasteiger partial charge in [0.15, 0.2) is 9.84 Å². The van der Waals surface area contributed by atoms with E-state index < -0.39 is 9.84 Å². The maximum Gasteiger partial charge on any atom is 0.265 e. The molecule has 0 fully saturated rings. The van der Waals surface area contributed by atoms with Crippen molar-refractivity contribution in [3.05, 3.63) is 81.0 Å². The summed E-state index contributed by atoms with van der Waals surface area (Å²) in [5.41, 5.74) is 1.43. The highest BCUT2D eigenvalue weighted by molar-refractivity contribution is 7.90. The summed E-state index contributed by atoms with van der Waals surface area (Å²) in [6.45, 7) is 1.79. The first-order valence-corrected chi connectivity index (χ1v) is 12.1. The zero-order valence-corrected chi connectivity index (χ0v) is 18.6. The molecule has 1 heterocycles. The molecule has 6 nitrogen and oxygen atoms in total. The van der Waals surface area contributed by atoms with Crippen molar-refractivity contribution in [3.63, 3.8) is 0 Å². The fraction of sp³-hybridized carbons (Fsp3) is 0.143. The Morgan fingerprint density at radius 2 is 1.73 bits per heavy atom. The lowest BCUT2D eigenvalue weighted by Crippen LogP contribution is -2.26.